The van der Waals surface area contributed by atoms with Gasteiger partial charge in [0, 0.05) is 32.1 Å². The minimum Gasteiger partial charge on any atom is -0.481 e. The number of aliphatic carboxylic acids is 1. The van der Waals surface area contributed by atoms with Crippen molar-refractivity contribution in [2.75, 3.05) is 6.61 Å². The number of carbonyl (C=O) groups excluding carboxylic acids is 3. The van der Waals surface area contributed by atoms with Crippen molar-refractivity contribution in [3.05, 3.63) is 11.6 Å². The standard InChI is InChI=1S/C36H54O8/c1-21(37)42-20-33(7)26-12-15-34(8)27(32(26,6)14-13-28(33)43-22(2)38)11-10-24-25-18-31(4,5)16-17-36(25,30(40)41)29(44-23(3)39)19-35(24,34)9/h10,25-29H,11-20H2,1-9H3,(H,40,41)/t25-,26?,27-,28+,29+,32+,33?,34-,35-,36-/m1/s1. The number of ether oxygens (including phenoxy) is 3. The van der Waals surface area contributed by atoms with E-state index in [4.69, 9.17) is 14.2 Å². The summed E-state index contributed by atoms with van der Waals surface area (Å²) in [5.74, 6) is -1.71. The molecule has 5 aliphatic rings. The Balaban J connectivity index is 1.62. The third kappa shape index (κ3) is 4.66. The first kappa shape index (κ1) is 33.0. The minimum absolute atomic E-state index is 0.0154. The van der Waals surface area contributed by atoms with Crippen LogP contribution < -0.4 is 0 Å². The Morgan fingerprint density at radius 1 is 0.795 bits per heavy atom. The average Bonchev–Trinajstić information content (AvgIpc) is 2.89. The van der Waals surface area contributed by atoms with E-state index in [1.54, 1.807) is 0 Å². The largest absolute Gasteiger partial charge is 0.481 e. The normalized spacial score (nSPS) is 45.7. The molecule has 44 heavy (non-hydrogen) atoms. The Kier molecular flexibility index (Phi) is 7.94. The fourth-order valence-electron chi connectivity index (χ4n) is 11.7. The molecular weight excluding hydrogens is 560 g/mol. The summed E-state index contributed by atoms with van der Waals surface area (Å²) in [6.07, 6.45) is 8.08. The van der Waals surface area contributed by atoms with Crippen molar-refractivity contribution in [2.45, 2.75) is 132 Å². The van der Waals surface area contributed by atoms with Gasteiger partial charge in [-0.3, -0.25) is 19.2 Å². The molecule has 246 valence electrons. The van der Waals surface area contributed by atoms with Gasteiger partial charge in [-0.2, -0.15) is 0 Å². The molecule has 8 nitrogen and oxygen atoms in total. The number of hydrogen-bond donors (Lipinski definition) is 1. The lowest BCUT2D eigenvalue weighted by Gasteiger charge is -2.71. The fraction of sp³-hybridized carbons (Fsp3) is 0.833. The predicted molar refractivity (Wildman–Crippen MR) is 164 cm³/mol. The smallest absolute Gasteiger partial charge is 0.314 e. The zero-order valence-corrected chi connectivity index (χ0v) is 28.3. The lowest BCUT2D eigenvalue weighted by Crippen LogP contribution is -2.68. The molecule has 0 saturated heterocycles. The van der Waals surface area contributed by atoms with Crippen LogP contribution in [0, 0.1) is 50.2 Å². The quantitative estimate of drug-likeness (QED) is 0.202. The summed E-state index contributed by atoms with van der Waals surface area (Å²) >= 11 is 0. The monoisotopic (exact) mass is 614 g/mol. The van der Waals surface area contributed by atoms with Crippen LogP contribution in [0.3, 0.4) is 0 Å². The van der Waals surface area contributed by atoms with E-state index in [9.17, 15) is 24.3 Å². The van der Waals surface area contributed by atoms with Crippen molar-refractivity contribution in [3.63, 3.8) is 0 Å². The Labute approximate surface area is 263 Å². The van der Waals surface area contributed by atoms with Crippen LogP contribution >= 0.6 is 0 Å². The molecule has 0 aromatic rings. The number of fused-ring (bicyclic) bond motifs is 7. The zero-order chi connectivity index (χ0) is 32.7. The lowest BCUT2D eigenvalue weighted by atomic mass is 9.33. The second kappa shape index (κ2) is 10.6. The second-order valence-corrected chi connectivity index (χ2v) is 16.8. The average molecular weight is 615 g/mol. The molecule has 10 atom stereocenters. The van der Waals surface area contributed by atoms with Crippen LogP contribution in [0.5, 0.6) is 0 Å². The van der Waals surface area contributed by atoms with E-state index >= 15 is 0 Å². The van der Waals surface area contributed by atoms with Crippen LogP contribution in [0.2, 0.25) is 0 Å². The van der Waals surface area contributed by atoms with E-state index < -0.39 is 28.9 Å². The van der Waals surface area contributed by atoms with Gasteiger partial charge in [0.1, 0.15) is 24.2 Å². The molecule has 8 heteroatoms. The molecule has 4 fully saturated rings. The van der Waals surface area contributed by atoms with Crippen LogP contribution in [0.25, 0.3) is 0 Å². The van der Waals surface area contributed by atoms with E-state index in [0.29, 0.717) is 19.3 Å². The second-order valence-electron chi connectivity index (χ2n) is 16.8. The highest BCUT2D eigenvalue weighted by molar-refractivity contribution is 5.78. The topological polar surface area (TPSA) is 116 Å². The Hall–Kier alpha value is -2.38. The predicted octanol–water partition coefficient (Wildman–Crippen LogP) is 6.89. The Morgan fingerprint density at radius 3 is 2.02 bits per heavy atom. The van der Waals surface area contributed by atoms with Crippen LogP contribution in [-0.2, 0) is 33.4 Å². The molecular formula is C36H54O8. The molecule has 1 N–H and O–H groups in total. The van der Waals surface area contributed by atoms with Crippen LogP contribution in [0.15, 0.2) is 11.6 Å². The molecule has 0 aliphatic heterocycles. The lowest BCUT2D eigenvalue weighted by molar-refractivity contribution is -0.235. The van der Waals surface area contributed by atoms with Crippen LogP contribution in [-0.4, -0.2) is 47.8 Å². The summed E-state index contributed by atoms with van der Waals surface area (Å²) in [5, 5.41) is 10.9. The maximum Gasteiger partial charge on any atom is 0.314 e. The van der Waals surface area contributed by atoms with E-state index in [1.165, 1.54) is 26.3 Å². The number of carboxylic acid groups (broad SMARTS) is 1. The summed E-state index contributed by atoms with van der Waals surface area (Å²) in [7, 11) is 0. The van der Waals surface area contributed by atoms with Crippen molar-refractivity contribution >= 4 is 23.9 Å². The summed E-state index contributed by atoms with van der Waals surface area (Å²) in [5.41, 5.74) is -1.08. The number of carboxylic acids is 1. The van der Waals surface area contributed by atoms with E-state index in [-0.39, 0.29) is 64.1 Å². The highest BCUT2D eigenvalue weighted by Gasteiger charge is 2.72. The summed E-state index contributed by atoms with van der Waals surface area (Å²) in [6, 6.07) is 0. The van der Waals surface area contributed by atoms with Gasteiger partial charge in [0.25, 0.3) is 0 Å². The molecule has 0 aromatic heterocycles. The highest BCUT2D eigenvalue weighted by atomic mass is 16.6. The van der Waals surface area contributed by atoms with Crippen molar-refractivity contribution in [1.82, 2.24) is 0 Å². The van der Waals surface area contributed by atoms with Crippen LogP contribution in [0.4, 0.5) is 0 Å². The highest BCUT2D eigenvalue weighted by Crippen LogP contribution is 2.76. The van der Waals surface area contributed by atoms with Gasteiger partial charge in [-0.05, 0) is 91.3 Å². The van der Waals surface area contributed by atoms with Crippen molar-refractivity contribution in [2.24, 2.45) is 50.2 Å². The molecule has 0 aromatic carbocycles. The van der Waals surface area contributed by atoms with Crippen molar-refractivity contribution < 1.29 is 38.5 Å². The van der Waals surface area contributed by atoms with Crippen LogP contribution in [0.1, 0.15) is 120 Å². The summed E-state index contributed by atoms with van der Waals surface area (Å²) in [6.45, 7) is 18.2. The fourth-order valence-corrected chi connectivity index (χ4v) is 11.7. The third-order valence-electron chi connectivity index (χ3n) is 14.0. The van der Waals surface area contributed by atoms with Gasteiger partial charge < -0.3 is 19.3 Å². The van der Waals surface area contributed by atoms with Gasteiger partial charge in [0.15, 0.2) is 0 Å². The molecule has 0 radical (unpaired) electrons. The van der Waals surface area contributed by atoms with Gasteiger partial charge in [-0.1, -0.05) is 53.2 Å². The first-order valence-corrected chi connectivity index (χ1v) is 16.7. The summed E-state index contributed by atoms with van der Waals surface area (Å²) in [4.78, 5) is 50.0. The zero-order valence-electron chi connectivity index (χ0n) is 28.3. The molecule has 0 bridgehead atoms. The maximum absolute atomic E-state index is 13.3. The Morgan fingerprint density at radius 2 is 1.43 bits per heavy atom. The number of rotatable bonds is 5. The van der Waals surface area contributed by atoms with Crippen molar-refractivity contribution in [3.8, 4) is 0 Å². The van der Waals surface area contributed by atoms with Gasteiger partial charge in [-0.25, -0.2) is 0 Å². The van der Waals surface area contributed by atoms with E-state index in [0.717, 1.165) is 38.5 Å². The van der Waals surface area contributed by atoms with Gasteiger partial charge >= 0.3 is 23.9 Å². The van der Waals surface area contributed by atoms with Crippen molar-refractivity contribution in [1.29, 1.82) is 0 Å². The first-order chi connectivity index (χ1) is 20.3. The van der Waals surface area contributed by atoms with Gasteiger partial charge in [-0.15, -0.1) is 0 Å². The maximum atomic E-state index is 13.3. The van der Waals surface area contributed by atoms with E-state index in [2.05, 4.69) is 47.6 Å². The molecule has 0 amide bonds. The summed E-state index contributed by atoms with van der Waals surface area (Å²) < 4.78 is 17.6. The number of allylic oxidation sites excluding steroid dienone is 2. The van der Waals surface area contributed by atoms with Gasteiger partial charge in [0.2, 0.25) is 0 Å². The molecule has 5 aliphatic carbocycles. The number of hydrogen-bond acceptors (Lipinski definition) is 7. The number of esters is 3. The molecule has 0 spiro atoms. The first-order valence-electron chi connectivity index (χ1n) is 16.7. The molecule has 5 rings (SSSR count). The number of carbonyl (C=O) groups is 4. The van der Waals surface area contributed by atoms with E-state index in [1.807, 2.05) is 0 Å². The third-order valence-corrected chi connectivity index (χ3v) is 14.0. The SMILES string of the molecule is CC(=O)OCC1(C)C2CC[C@]3(C)[C@H](CC=C4[C@H]5CC(C)(C)CC[C@]5(C(=O)O)[C@@H](OC(C)=O)C[C@]43C)[C@@]2(C)CC[C@@H]1OC(C)=O. The van der Waals surface area contributed by atoms with Gasteiger partial charge in [0.05, 0.1) is 0 Å². The minimum atomic E-state index is -1.12. The molecule has 4 saturated carbocycles. The Bertz CT molecular complexity index is 1270. The molecule has 2 unspecified atom stereocenters. The molecule has 0 heterocycles.